The number of hydrogen-bond donors (Lipinski definition) is 2. The largest absolute Gasteiger partial charge is 0.497 e. The molecule has 3 aromatic rings. The Morgan fingerprint density at radius 3 is 2.39 bits per heavy atom. The van der Waals surface area contributed by atoms with Crippen LogP contribution in [0.1, 0.15) is 16.1 Å². The summed E-state index contributed by atoms with van der Waals surface area (Å²) in [5, 5.41) is 22.6. The van der Waals surface area contributed by atoms with E-state index in [1.807, 2.05) is 6.07 Å². The van der Waals surface area contributed by atoms with Gasteiger partial charge >= 0.3 is 0 Å². The molecule has 0 saturated carbocycles. The van der Waals surface area contributed by atoms with Crippen LogP contribution in [0.4, 0.5) is 17.2 Å². The summed E-state index contributed by atoms with van der Waals surface area (Å²) in [6.07, 6.45) is 0. The number of methoxy groups -OCH3 is 2. The Balaban J connectivity index is 1.71. The molecular formula is C20H17N5O3. The first-order valence-electron chi connectivity index (χ1n) is 8.27. The molecule has 28 heavy (non-hydrogen) atoms. The molecule has 8 heteroatoms. The lowest BCUT2D eigenvalue weighted by Gasteiger charge is -2.12. The van der Waals surface area contributed by atoms with Gasteiger partial charge in [0, 0.05) is 11.8 Å². The van der Waals surface area contributed by atoms with E-state index in [1.54, 1.807) is 68.8 Å². The van der Waals surface area contributed by atoms with Crippen LogP contribution in [0.15, 0.2) is 54.6 Å². The van der Waals surface area contributed by atoms with Gasteiger partial charge in [0.2, 0.25) is 0 Å². The van der Waals surface area contributed by atoms with Crippen molar-refractivity contribution in [3.8, 4) is 17.6 Å². The number of hydrogen-bond acceptors (Lipinski definition) is 7. The van der Waals surface area contributed by atoms with Crippen molar-refractivity contribution in [2.75, 3.05) is 24.9 Å². The number of ether oxygens (including phenoxy) is 2. The van der Waals surface area contributed by atoms with Crippen molar-refractivity contribution >= 4 is 23.1 Å². The minimum Gasteiger partial charge on any atom is -0.497 e. The van der Waals surface area contributed by atoms with Gasteiger partial charge in [-0.1, -0.05) is 0 Å². The van der Waals surface area contributed by atoms with Gasteiger partial charge in [-0.2, -0.15) is 5.26 Å². The molecule has 2 aromatic carbocycles. The van der Waals surface area contributed by atoms with Crippen molar-refractivity contribution in [3.63, 3.8) is 0 Å². The predicted octanol–water partition coefficient (Wildman–Crippen LogP) is 3.36. The number of rotatable bonds is 6. The fourth-order valence-corrected chi connectivity index (χ4v) is 2.39. The summed E-state index contributed by atoms with van der Waals surface area (Å²) in [6, 6.07) is 17.1. The molecule has 2 N–H and O–H groups in total. The summed E-state index contributed by atoms with van der Waals surface area (Å²) in [4.78, 5) is 12.3. The van der Waals surface area contributed by atoms with Crippen LogP contribution in [0.3, 0.4) is 0 Å². The van der Waals surface area contributed by atoms with Crippen LogP contribution < -0.4 is 20.1 Å². The number of anilines is 3. The van der Waals surface area contributed by atoms with E-state index in [2.05, 4.69) is 20.8 Å². The van der Waals surface area contributed by atoms with Crippen LogP contribution in [0.5, 0.6) is 11.5 Å². The highest BCUT2D eigenvalue weighted by Gasteiger charge is 2.10. The van der Waals surface area contributed by atoms with Crippen molar-refractivity contribution in [1.29, 1.82) is 5.26 Å². The first-order valence-corrected chi connectivity index (χ1v) is 8.27. The average molecular weight is 375 g/mol. The van der Waals surface area contributed by atoms with Gasteiger partial charge in [0.25, 0.3) is 5.91 Å². The number of amides is 1. The van der Waals surface area contributed by atoms with Crippen LogP contribution >= 0.6 is 0 Å². The number of nitrogens with one attached hydrogen (secondary N) is 2. The molecule has 0 bridgehead atoms. The minimum absolute atomic E-state index is 0.160. The van der Waals surface area contributed by atoms with Crippen LogP contribution in [0.2, 0.25) is 0 Å². The molecule has 1 heterocycles. The number of aromatic nitrogens is 2. The second-order valence-corrected chi connectivity index (χ2v) is 5.64. The smallest absolute Gasteiger partial charge is 0.276 e. The predicted molar refractivity (Wildman–Crippen MR) is 104 cm³/mol. The van der Waals surface area contributed by atoms with Crippen molar-refractivity contribution in [2.45, 2.75) is 0 Å². The summed E-state index contributed by atoms with van der Waals surface area (Å²) >= 11 is 0. The lowest BCUT2D eigenvalue weighted by molar-refractivity contribution is 0.102. The topological polar surface area (TPSA) is 109 Å². The lowest BCUT2D eigenvalue weighted by atomic mass is 10.2. The highest BCUT2D eigenvalue weighted by Crippen LogP contribution is 2.30. The molecule has 0 atom stereocenters. The SMILES string of the molecule is COc1ccc(OC)c(Nc2ccc(C(=O)Nc3ccc(C#N)cc3)nn2)c1. The monoisotopic (exact) mass is 375 g/mol. The van der Waals surface area contributed by atoms with E-state index in [4.69, 9.17) is 14.7 Å². The third-order valence-electron chi connectivity index (χ3n) is 3.84. The van der Waals surface area contributed by atoms with E-state index in [9.17, 15) is 4.79 Å². The van der Waals surface area contributed by atoms with Gasteiger partial charge in [0.1, 0.15) is 11.5 Å². The summed E-state index contributed by atoms with van der Waals surface area (Å²) in [6.45, 7) is 0. The molecule has 0 fully saturated rings. The van der Waals surface area contributed by atoms with E-state index in [0.717, 1.165) is 0 Å². The van der Waals surface area contributed by atoms with Gasteiger partial charge in [0.05, 0.1) is 31.5 Å². The van der Waals surface area contributed by atoms with Gasteiger partial charge in [-0.15, -0.1) is 10.2 Å². The van der Waals surface area contributed by atoms with Gasteiger partial charge in [-0.25, -0.2) is 0 Å². The second kappa shape index (κ2) is 8.51. The molecule has 0 radical (unpaired) electrons. The summed E-state index contributed by atoms with van der Waals surface area (Å²) < 4.78 is 10.5. The number of nitrogens with zero attached hydrogens (tertiary/aromatic N) is 3. The molecule has 3 rings (SSSR count). The molecule has 1 amide bonds. The van der Waals surface area contributed by atoms with E-state index in [0.29, 0.717) is 34.3 Å². The Labute approximate surface area is 161 Å². The normalized spacial score (nSPS) is 9.89. The molecule has 0 aliphatic rings. The minimum atomic E-state index is -0.400. The fourth-order valence-electron chi connectivity index (χ4n) is 2.39. The van der Waals surface area contributed by atoms with E-state index in [1.165, 1.54) is 0 Å². The molecule has 0 unspecified atom stereocenters. The van der Waals surface area contributed by atoms with Gasteiger partial charge in [-0.3, -0.25) is 4.79 Å². The van der Waals surface area contributed by atoms with Gasteiger partial charge in [0.15, 0.2) is 11.5 Å². The van der Waals surface area contributed by atoms with Crippen molar-refractivity contribution in [2.24, 2.45) is 0 Å². The summed E-state index contributed by atoms with van der Waals surface area (Å²) in [5.74, 6) is 1.32. The fraction of sp³-hybridized carbons (Fsp3) is 0.100. The van der Waals surface area contributed by atoms with Gasteiger partial charge < -0.3 is 20.1 Å². The number of carbonyl (C=O) groups excluding carboxylic acids is 1. The first-order chi connectivity index (χ1) is 13.6. The zero-order valence-corrected chi connectivity index (χ0v) is 15.3. The Bertz CT molecular complexity index is 1010. The van der Waals surface area contributed by atoms with Crippen LogP contribution in [-0.4, -0.2) is 30.3 Å². The Kier molecular flexibility index (Phi) is 5.67. The summed E-state index contributed by atoms with van der Waals surface area (Å²) in [7, 11) is 3.14. The van der Waals surface area contributed by atoms with Crippen LogP contribution in [-0.2, 0) is 0 Å². The molecule has 8 nitrogen and oxygen atoms in total. The number of carbonyl (C=O) groups is 1. The van der Waals surface area contributed by atoms with E-state index in [-0.39, 0.29) is 5.69 Å². The molecular weight excluding hydrogens is 358 g/mol. The maximum absolute atomic E-state index is 12.3. The third-order valence-corrected chi connectivity index (χ3v) is 3.84. The maximum atomic E-state index is 12.3. The second-order valence-electron chi connectivity index (χ2n) is 5.64. The van der Waals surface area contributed by atoms with Crippen LogP contribution in [0.25, 0.3) is 0 Å². The van der Waals surface area contributed by atoms with Crippen molar-refractivity contribution in [3.05, 3.63) is 65.9 Å². The van der Waals surface area contributed by atoms with Gasteiger partial charge in [-0.05, 0) is 48.5 Å². The van der Waals surface area contributed by atoms with Crippen molar-refractivity contribution < 1.29 is 14.3 Å². The molecule has 0 spiro atoms. The first kappa shape index (κ1) is 18.7. The lowest BCUT2D eigenvalue weighted by Crippen LogP contribution is -2.14. The molecule has 1 aromatic heterocycles. The zero-order chi connectivity index (χ0) is 19.9. The number of benzene rings is 2. The quantitative estimate of drug-likeness (QED) is 0.680. The highest BCUT2D eigenvalue weighted by atomic mass is 16.5. The number of nitriles is 1. The Morgan fingerprint density at radius 2 is 1.79 bits per heavy atom. The molecule has 0 aliphatic heterocycles. The average Bonchev–Trinajstić information content (AvgIpc) is 2.74. The standard InChI is InChI=1S/C20H17N5O3/c1-27-15-7-9-18(28-2)17(11-15)23-19-10-8-16(24-25-19)20(26)22-14-5-3-13(12-21)4-6-14/h3-11H,1-2H3,(H,22,26)(H,23,25). The molecule has 0 aliphatic carbocycles. The maximum Gasteiger partial charge on any atom is 0.276 e. The van der Waals surface area contributed by atoms with Crippen molar-refractivity contribution in [1.82, 2.24) is 10.2 Å². The Hall–Kier alpha value is -4.12. The third kappa shape index (κ3) is 4.34. The zero-order valence-electron chi connectivity index (χ0n) is 15.3. The van der Waals surface area contributed by atoms with E-state index < -0.39 is 5.91 Å². The van der Waals surface area contributed by atoms with Crippen LogP contribution in [0, 0.1) is 11.3 Å². The Morgan fingerprint density at radius 1 is 1.00 bits per heavy atom. The highest BCUT2D eigenvalue weighted by molar-refractivity contribution is 6.02. The molecule has 0 saturated heterocycles. The van der Waals surface area contributed by atoms with E-state index >= 15 is 0 Å². The summed E-state index contributed by atoms with van der Waals surface area (Å²) in [5.41, 5.74) is 1.90. The molecule has 140 valence electrons.